The maximum Gasteiger partial charge on any atom is 0.292 e. The molecule has 0 saturated heterocycles. The van der Waals surface area contributed by atoms with Gasteiger partial charge in [-0.25, -0.2) is 0 Å². The lowest BCUT2D eigenvalue weighted by molar-refractivity contribution is -0.383. The molecule has 1 aromatic rings. The number of rotatable bonds is 3. The van der Waals surface area contributed by atoms with Crippen LogP contribution in [0.1, 0.15) is 24.8 Å². The second-order valence-corrected chi connectivity index (χ2v) is 5.04. The van der Waals surface area contributed by atoms with E-state index in [0.29, 0.717) is 6.42 Å². The average Bonchev–Trinajstić information content (AvgIpc) is 2.75. The van der Waals surface area contributed by atoms with Gasteiger partial charge in [-0.2, -0.15) is 0 Å². The van der Waals surface area contributed by atoms with Crippen molar-refractivity contribution in [1.82, 2.24) is 0 Å². The molecule has 1 amide bonds. The van der Waals surface area contributed by atoms with Crippen molar-refractivity contribution in [3.8, 4) is 0 Å². The fourth-order valence-electron chi connectivity index (χ4n) is 2.40. The number of aryl methyl sites for hydroxylation is 1. The molecule has 0 bridgehead atoms. The molecule has 0 spiro atoms. The SMILES string of the molecule is Cc1ccc([N+](=O)[O-])c(NC(=O)C2CCC(N)C2)c1. The third-order valence-corrected chi connectivity index (χ3v) is 3.45. The van der Waals surface area contributed by atoms with E-state index < -0.39 is 4.92 Å². The number of nitrogens with two attached hydrogens (primary N) is 1. The molecule has 6 nitrogen and oxygen atoms in total. The Hall–Kier alpha value is -1.95. The summed E-state index contributed by atoms with van der Waals surface area (Å²) in [6.45, 7) is 1.82. The zero-order valence-corrected chi connectivity index (χ0v) is 10.8. The van der Waals surface area contributed by atoms with Gasteiger partial charge in [0.15, 0.2) is 0 Å². The Labute approximate surface area is 111 Å². The van der Waals surface area contributed by atoms with Crippen LogP contribution in [0.2, 0.25) is 0 Å². The summed E-state index contributed by atoms with van der Waals surface area (Å²) >= 11 is 0. The molecular formula is C13H17N3O3. The molecule has 1 saturated carbocycles. The summed E-state index contributed by atoms with van der Waals surface area (Å²) in [5.74, 6) is -0.322. The number of hydrogen-bond donors (Lipinski definition) is 2. The number of carbonyl (C=O) groups excluding carboxylic acids is 1. The number of hydrogen-bond acceptors (Lipinski definition) is 4. The molecule has 0 radical (unpaired) electrons. The Morgan fingerprint density at radius 2 is 2.21 bits per heavy atom. The van der Waals surface area contributed by atoms with E-state index in [1.54, 1.807) is 12.1 Å². The van der Waals surface area contributed by atoms with Crippen molar-refractivity contribution in [2.75, 3.05) is 5.32 Å². The van der Waals surface area contributed by atoms with Crippen molar-refractivity contribution in [2.24, 2.45) is 11.7 Å². The molecule has 2 unspecified atom stereocenters. The molecule has 2 atom stereocenters. The molecule has 102 valence electrons. The van der Waals surface area contributed by atoms with Gasteiger partial charge < -0.3 is 11.1 Å². The highest BCUT2D eigenvalue weighted by atomic mass is 16.6. The first-order chi connectivity index (χ1) is 8.97. The first-order valence-electron chi connectivity index (χ1n) is 6.29. The molecule has 2 rings (SSSR count). The van der Waals surface area contributed by atoms with Gasteiger partial charge in [0, 0.05) is 18.0 Å². The summed E-state index contributed by atoms with van der Waals surface area (Å²) in [7, 11) is 0. The minimum absolute atomic E-state index is 0.0586. The largest absolute Gasteiger partial charge is 0.328 e. The highest BCUT2D eigenvalue weighted by Crippen LogP contribution is 2.29. The minimum atomic E-state index is -0.491. The van der Waals surface area contributed by atoms with E-state index in [0.717, 1.165) is 18.4 Å². The van der Waals surface area contributed by atoms with E-state index in [9.17, 15) is 14.9 Å². The quantitative estimate of drug-likeness (QED) is 0.643. The summed E-state index contributed by atoms with van der Waals surface area (Å²) < 4.78 is 0. The summed E-state index contributed by atoms with van der Waals surface area (Å²) in [6, 6.07) is 4.73. The number of anilines is 1. The molecule has 0 heterocycles. The summed E-state index contributed by atoms with van der Waals surface area (Å²) in [6.07, 6.45) is 2.21. The van der Waals surface area contributed by atoms with Crippen LogP contribution in [0.3, 0.4) is 0 Å². The molecule has 1 fully saturated rings. The van der Waals surface area contributed by atoms with Crippen LogP contribution in [0.5, 0.6) is 0 Å². The maximum absolute atomic E-state index is 12.1. The third-order valence-electron chi connectivity index (χ3n) is 3.45. The van der Waals surface area contributed by atoms with Crippen LogP contribution in [-0.4, -0.2) is 16.9 Å². The van der Waals surface area contributed by atoms with Gasteiger partial charge >= 0.3 is 0 Å². The van der Waals surface area contributed by atoms with Crippen molar-refractivity contribution >= 4 is 17.3 Å². The highest BCUT2D eigenvalue weighted by molar-refractivity contribution is 5.95. The van der Waals surface area contributed by atoms with Crippen LogP contribution < -0.4 is 11.1 Å². The number of carbonyl (C=O) groups is 1. The van der Waals surface area contributed by atoms with Gasteiger partial charge in [0.2, 0.25) is 5.91 Å². The van der Waals surface area contributed by atoms with E-state index in [1.807, 2.05) is 6.92 Å². The Bertz CT molecular complexity index is 516. The van der Waals surface area contributed by atoms with Crippen LogP contribution in [0.4, 0.5) is 11.4 Å². The van der Waals surface area contributed by atoms with Crippen LogP contribution in [0, 0.1) is 23.0 Å². The van der Waals surface area contributed by atoms with Crippen LogP contribution in [0.25, 0.3) is 0 Å². The topological polar surface area (TPSA) is 98.3 Å². The van der Waals surface area contributed by atoms with E-state index in [4.69, 9.17) is 5.73 Å². The molecule has 3 N–H and O–H groups in total. The van der Waals surface area contributed by atoms with Crippen molar-refractivity contribution in [3.63, 3.8) is 0 Å². The molecule has 1 aliphatic carbocycles. The van der Waals surface area contributed by atoms with E-state index in [-0.39, 0.29) is 29.2 Å². The summed E-state index contributed by atoms with van der Waals surface area (Å²) in [5, 5.41) is 13.6. The highest BCUT2D eigenvalue weighted by Gasteiger charge is 2.29. The number of nitro benzene ring substituents is 1. The number of nitrogens with one attached hydrogen (secondary N) is 1. The van der Waals surface area contributed by atoms with E-state index in [2.05, 4.69) is 5.32 Å². The molecular weight excluding hydrogens is 246 g/mol. The summed E-state index contributed by atoms with van der Waals surface area (Å²) in [5.41, 5.74) is 6.81. The maximum atomic E-state index is 12.1. The van der Waals surface area contributed by atoms with Gasteiger partial charge in [0.25, 0.3) is 5.69 Å². The predicted molar refractivity (Wildman–Crippen MR) is 71.8 cm³/mol. The third kappa shape index (κ3) is 3.08. The normalized spacial score (nSPS) is 22.2. The Morgan fingerprint density at radius 1 is 1.47 bits per heavy atom. The van der Waals surface area contributed by atoms with Crippen LogP contribution in [0.15, 0.2) is 18.2 Å². The van der Waals surface area contributed by atoms with Crippen LogP contribution >= 0.6 is 0 Å². The Balaban J connectivity index is 2.16. The predicted octanol–water partition coefficient (Wildman–Crippen LogP) is 1.97. The van der Waals surface area contributed by atoms with Gasteiger partial charge in [-0.15, -0.1) is 0 Å². The van der Waals surface area contributed by atoms with Crippen molar-refractivity contribution < 1.29 is 9.72 Å². The van der Waals surface area contributed by atoms with Gasteiger partial charge in [0.1, 0.15) is 5.69 Å². The molecule has 0 aliphatic heterocycles. The minimum Gasteiger partial charge on any atom is -0.328 e. The molecule has 1 aromatic carbocycles. The standard InChI is InChI=1S/C13H17N3O3/c1-8-2-5-12(16(18)19)11(6-8)15-13(17)9-3-4-10(14)7-9/h2,5-6,9-10H,3-4,7,14H2,1H3,(H,15,17). The first kappa shape index (κ1) is 13.5. The fraction of sp³-hybridized carbons (Fsp3) is 0.462. The zero-order valence-electron chi connectivity index (χ0n) is 10.8. The lowest BCUT2D eigenvalue weighted by Gasteiger charge is -2.11. The smallest absolute Gasteiger partial charge is 0.292 e. The zero-order chi connectivity index (χ0) is 14.0. The van der Waals surface area contributed by atoms with Gasteiger partial charge in [-0.3, -0.25) is 14.9 Å². The molecule has 19 heavy (non-hydrogen) atoms. The second-order valence-electron chi connectivity index (χ2n) is 5.04. The van der Waals surface area contributed by atoms with E-state index in [1.165, 1.54) is 6.07 Å². The lowest BCUT2D eigenvalue weighted by Crippen LogP contribution is -2.23. The number of benzene rings is 1. The van der Waals surface area contributed by atoms with Crippen LogP contribution in [-0.2, 0) is 4.79 Å². The molecule has 0 aromatic heterocycles. The number of nitro groups is 1. The van der Waals surface area contributed by atoms with E-state index >= 15 is 0 Å². The second kappa shape index (κ2) is 5.36. The Morgan fingerprint density at radius 3 is 2.79 bits per heavy atom. The van der Waals surface area contributed by atoms with Gasteiger partial charge in [0.05, 0.1) is 4.92 Å². The average molecular weight is 263 g/mol. The molecule has 6 heteroatoms. The Kier molecular flexibility index (Phi) is 3.80. The first-order valence-corrected chi connectivity index (χ1v) is 6.29. The monoisotopic (exact) mass is 263 g/mol. The fourth-order valence-corrected chi connectivity index (χ4v) is 2.40. The van der Waals surface area contributed by atoms with Crippen molar-refractivity contribution in [3.05, 3.63) is 33.9 Å². The van der Waals surface area contributed by atoms with Gasteiger partial charge in [-0.05, 0) is 37.8 Å². The molecule has 1 aliphatic rings. The van der Waals surface area contributed by atoms with Crippen molar-refractivity contribution in [1.29, 1.82) is 0 Å². The number of nitrogens with zero attached hydrogens (tertiary/aromatic N) is 1. The number of amides is 1. The van der Waals surface area contributed by atoms with Gasteiger partial charge in [-0.1, -0.05) is 6.07 Å². The van der Waals surface area contributed by atoms with Crippen molar-refractivity contribution in [2.45, 2.75) is 32.2 Å². The lowest BCUT2D eigenvalue weighted by atomic mass is 10.1. The summed E-state index contributed by atoms with van der Waals surface area (Å²) in [4.78, 5) is 22.5.